The van der Waals surface area contributed by atoms with E-state index in [0.717, 1.165) is 0 Å². The molecule has 1 unspecified atom stereocenters. The Morgan fingerprint density at radius 3 is 2.39 bits per heavy atom. The van der Waals surface area contributed by atoms with E-state index in [1.54, 1.807) is 36.4 Å². The van der Waals surface area contributed by atoms with Crippen molar-refractivity contribution in [1.29, 1.82) is 0 Å². The number of H-pyrrole nitrogens is 1. The summed E-state index contributed by atoms with van der Waals surface area (Å²) in [4.78, 5) is 36.2. The van der Waals surface area contributed by atoms with Crippen molar-refractivity contribution in [3.8, 4) is 23.0 Å². The second kappa shape index (κ2) is 11.2. The van der Waals surface area contributed by atoms with E-state index in [9.17, 15) is 14.7 Å². The first-order valence-electron chi connectivity index (χ1n) is 12.4. The van der Waals surface area contributed by atoms with Gasteiger partial charge >= 0.3 is 5.91 Å². The summed E-state index contributed by atoms with van der Waals surface area (Å²) in [5.41, 5.74) is 1.44. The molecule has 1 saturated heterocycles. The molecule has 1 aliphatic heterocycles. The van der Waals surface area contributed by atoms with Crippen LogP contribution in [0.4, 0.5) is 5.95 Å². The van der Waals surface area contributed by atoms with Gasteiger partial charge in [-0.3, -0.25) is 14.5 Å². The van der Waals surface area contributed by atoms with Gasteiger partial charge in [0.25, 0.3) is 5.78 Å². The molecule has 1 aliphatic rings. The maximum absolute atomic E-state index is 13.7. The normalized spacial score (nSPS) is 16.3. The Labute approximate surface area is 245 Å². The zero-order valence-corrected chi connectivity index (χ0v) is 24.0. The fourth-order valence-corrected chi connectivity index (χ4v) is 5.53. The quantitative estimate of drug-likeness (QED) is 0.146. The molecule has 1 fully saturated rings. The lowest BCUT2D eigenvalue weighted by molar-refractivity contribution is -0.132. The van der Waals surface area contributed by atoms with Crippen molar-refractivity contribution in [3.63, 3.8) is 0 Å². The number of rotatable bonds is 8. The van der Waals surface area contributed by atoms with Gasteiger partial charge in [0, 0.05) is 0 Å². The van der Waals surface area contributed by atoms with Crippen LogP contribution >= 0.6 is 23.2 Å². The molecule has 212 valence electrons. The van der Waals surface area contributed by atoms with E-state index in [-0.39, 0.29) is 38.6 Å². The van der Waals surface area contributed by atoms with Gasteiger partial charge in [-0.2, -0.15) is 0 Å². The predicted octanol–water partition coefficient (Wildman–Crippen LogP) is 5.92. The fourth-order valence-electron chi connectivity index (χ4n) is 4.84. The zero-order valence-electron chi connectivity index (χ0n) is 22.5. The molecular formula is C29H25Cl2N3O7. The second-order valence-corrected chi connectivity index (χ2v) is 9.66. The Balaban J connectivity index is 1.80. The van der Waals surface area contributed by atoms with Crippen molar-refractivity contribution >= 4 is 57.6 Å². The summed E-state index contributed by atoms with van der Waals surface area (Å²) < 4.78 is 21.9. The third-order valence-corrected chi connectivity index (χ3v) is 7.27. The molecule has 0 aliphatic carbocycles. The Morgan fingerprint density at radius 1 is 1.00 bits per heavy atom. The Morgan fingerprint density at radius 2 is 1.73 bits per heavy atom. The number of fused-ring (bicyclic) bond motifs is 1. The summed E-state index contributed by atoms with van der Waals surface area (Å²) in [6.45, 7) is 2.15. The summed E-state index contributed by atoms with van der Waals surface area (Å²) in [6, 6.07) is 12.4. The monoisotopic (exact) mass is 597 g/mol. The largest absolute Gasteiger partial charge is 0.507 e. The van der Waals surface area contributed by atoms with Gasteiger partial charge in [-0.15, -0.1) is 0 Å². The molecule has 0 spiro atoms. The third kappa shape index (κ3) is 4.68. The molecule has 0 bridgehead atoms. The van der Waals surface area contributed by atoms with E-state index in [0.29, 0.717) is 34.7 Å². The van der Waals surface area contributed by atoms with Crippen molar-refractivity contribution in [2.75, 3.05) is 32.8 Å². The number of aromatic nitrogens is 2. The lowest BCUT2D eigenvalue weighted by Gasteiger charge is -2.24. The van der Waals surface area contributed by atoms with Crippen LogP contribution in [0, 0.1) is 0 Å². The number of ketones is 1. The van der Waals surface area contributed by atoms with Crippen LogP contribution in [0.15, 0.2) is 54.1 Å². The number of hydrogen-bond acceptors (Lipinski definition) is 8. The van der Waals surface area contributed by atoms with Gasteiger partial charge in [-0.05, 0) is 42.8 Å². The van der Waals surface area contributed by atoms with E-state index in [1.807, 2.05) is 13.0 Å². The Hall–Kier alpha value is -4.41. The van der Waals surface area contributed by atoms with Crippen molar-refractivity contribution in [3.05, 3.63) is 75.3 Å². The number of aliphatic hydroxyl groups excluding tert-OH is 1. The highest BCUT2D eigenvalue weighted by molar-refractivity contribution is 6.51. The molecule has 3 aromatic carbocycles. The molecule has 1 atom stereocenters. The highest BCUT2D eigenvalue weighted by atomic mass is 35.5. The summed E-state index contributed by atoms with van der Waals surface area (Å²) in [5, 5.41) is 11.7. The number of carbonyl (C=O) groups excluding carboxylic acids is 2. The van der Waals surface area contributed by atoms with Crippen molar-refractivity contribution in [2.45, 2.75) is 13.0 Å². The number of nitrogens with one attached hydrogen (secondary N) is 1. The summed E-state index contributed by atoms with van der Waals surface area (Å²) in [7, 11) is 4.22. The van der Waals surface area contributed by atoms with Gasteiger partial charge in [-0.25, -0.2) is 4.98 Å². The topological polar surface area (TPSA) is 123 Å². The minimum Gasteiger partial charge on any atom is -0.507 e. The Kier molecular flexibility index (Phi) is 7.70. The minimum atomic E-state index is -1.13. The van der Waals surface area contributed by atoms with Crippen LogP contribution in [0.25, 0.3) is 16.8 Å². The maximum Gasteiger partial charge on any atom is 0.302 e. The van der Waals surface area contributed by atoms with E-state index < -0.39 is 23.5 Å². The molecule has 2 heterocycles. The minimum absolute atomic E-state index is 0.00355. The number of amides is 1. The molecule has 4 aromatic rings. The number of imidazole rings is 1. The predicted molar refractivity (Wildman–Crippen MR) is 155 cm³/mol. The van der Waals surface area contributed by atoms with E-state index in [4.69, 9.17) is 42.1 Å². The molecule has 1 amide bonds. The molecule has 0 saturated carbocycles. The first kappa shape index (κ1) is 28.1. The molecule has 41 heavy (non-hydrogen) atoms. The van der Waals surface area contributed by atoms with Crippen LogP contribution < -0.4 is 23.8 Å². The van der Waals surface area contributed by atoms with Crippen LogP contribution in [0.5, 0.6) is 23.0 Å². The van der Waals surface area contributed by atoms with Gasteiger partial charge in [0.05, 0.1) is 61.2 Å². The number of halogens is 2. The molecule has 10 nitrogen and oxygen atoms in total. The maximum atomic E-state index is 13.7. The summed E-state index contributed by atoms with van der Waals surface area (Å²) >= 11 is 12.9. The molecule has 1 aromatic heterocycles. The zero-order chi connectivity index (χ0) is 29.4. The van der Waals surface area contributed by atoms with E-state index >= 15 is 0 Å². The lowest BCUT2D eigenvalue weighted by atomic mass is 9.94. The number of ether oxygens (including phenoxy) is 4. The number of aromatic amines is 1. The molecular weight excluding hydrogens is 573 g/mol. The third-order valence-electron chi connectivity index (χ3n) is 6.65. The number of aliphatic hydroxyl groups is 1. The molecule has 0 radical (unpaired) electrons. The second-order valence-electron chi connectivity index (χ2n) is 8.88. The van der Waals surface area contributed by atoms with Crippen LogP contribution in [-0.2, 0) is 9.59 Å². The summed E-state index contributed by atoms with van der Waals surface area (Å²) in [5.74, 6) is -1.34. The number of hydrogen-bond donors (Lipinski definition) is 2. The van der Waals surface area contributed by atoms with Gasteiger partial charge in [0.15, 0.2) is 23.0 Å². The van der Waals surface area contributed by atoms with E-state index in [2.05, 4.69) is 9.97 Å². The average molecular weight is 598 g/mol. The highest BCUT2D eigenvalue weighted by Gasteiger charge is 2.49. The Bertz CT molecular complexity index is 1680. The number of anilines is 1. The van der Waals surface area contributed by atoms with Crippen molar-refractivity contribution in [2.24, 2.45) is 0 Å². The number of Topliss-reactive ketones (excluding diaryl/α,β-unsaturated/α-hetero) is 1. The van der Waals surface area contributed by atoms with E-state index in [1.165, 1.54) is 32.3 Å². The van der Waals surface area contributed by atoms with Crippen LogP contribution in [0.1, 0.15) is 24.1 Å². The standard InChI is InChI=1S/C29H25Cl2N3O7/c1-5-41-20-12-14(10-11-19(20)38-2)23-21(24(35)15-13-16(30)27(40-4)22(31)26(15)39-3)25(36)28(37)34(23)29-32-17-8-6-7-9-18(17)33-29/h6-13,23,35H,5H2,1-4H3,(H,32,33)/b24-21+. The number of carbonyl (C=O) groups is 2. The highest BCUT2D eigenvalue weighted by Crippen LogP contribution is 2.48. The fraction of sp³-hybridized carbons (Fsp3) is 0.207. The molecule has 12 heteroatoms. The average Bonchev–Trinajstić information content (AvgIpc) is 3.51. The van der Waals surface area contributed by atoms with Crippen molar-refractivity contribution in [1.82, 2.24) is 9.97 Å². The lowest BCUT2D eigenvalue weighted by Crippen LogP contribution is -2.30. The van der Waals surface area contributed by atoms with Gasteiger partial charge in [-0.1, -0.05) is 41.4 Å². The van der Waals surface area contributed by atoms with Gasteiger partial charge in [0.1, 0.15) is 10.8 Å². The van der Waals surface area contributed by atoms with Gasteiger partial charge < -0.3 is 29.0 Å². The number of para-hydroxylation sites is 2. The van der Waals surface area contributed by atoms with Crippen LogP contribution in [0.3, 0.4) is 0 Å². The number of nitrogens with zero attached hydrogens (tertiary/aromatic N) is 2. The summed E-state index contributed by atoms with van der Waals surface area (Å²) in [6.07, 6.45) is 0. The SMILES string of the molecule is CCOc1cc(C2/C(=C(\O)c3cc(Cl)c(OC)c(Cl)c3OC)C(=O)C(=O)N2c2nc3ccccc3[nH]2)ccc1OC. The van der Waals surface area contributed by atoms with Crippen LogP contribution in [0.2, 0.25) is 10.0 Å². The smallest absolute Gasteiger partial charge is 0.302 e. The van der Waals surface area contributed by atoms with Crippen LogP contribution in [-0.4, -0.2) is 54.7 Å². The first-order valence-corrected chi connectivity index (χ1v) is 13.2. The molecule has 5 rings (SSSR count). The first-order chi connectivity index (χ1) is 19.7. The van der Waals surface area contributed by atoms with Crippen molar-refractivity contribution < 1.29 is 33.6 Å². The van der Waals surface area contributed by atoms with Gasteiger partial charge in [0.2, 0.25) is 5.95 Å². The number of methoxy groups -OCH3 is 3. The molecule has 2 N–H and O–H groups in total. The number of benzene rings is 3.